The van der Waals surface area contributed by atoms with Gasteiger partial charge in [-0.1, -0.05) is 6.07 Å². The Hall–Kier alpha value is -2.23. The maximum absolute atomic E-state index is 12.8. The molecule has 0 aliphatic carbocycles. The molecule has 2 rings (SSSR count). The molecule has 0 saturated carbocycles. The molecule has 0 spiro atoms. The van der Waals surface area contributed by atoms with Gasteiger partial charge < -0.3 is 4.74 Å². The summed E-state index contributed by atoms with van der Waals surface area (Å²) in [5.74, 6) is -0.517. The van der Waals surface area contributed by atoms with E-state index in [4.69, 9.17) is 0 Å². The van der Waals surface area contributed by atoms with Crippen LogP contribution in [0.5, 0.6) is 5.75 Å². The van der Waals surface area contributed by atoms with Crippen LogP contribution in [0.2, 0.25) is 0 Å². The van der Waals surface area contributed by atoms with Crippen molar-refractivity contribution in [3.05, 3.63) is 35.7 Å². The van der Waals surface area contributed by atoms with Gasteiger partial charge in [0.05, 0.1) is 22.6 Å². The summed E-state index contributed by atoms with van der Waals surface area (Å²) >= 11 is 0. The summed E-state index contributed by atoms with van der Waals surface area (Å²) in [6.45, 7) is 8.84. The third-order valence-corrected chi connectivity index (χ3v) is 5.08. The summed E-state index contributed by atoms with van der Waals surface area (Å²) in [5, 5.41) is 4.28. The molecule has 1 aromatic carbocycles. The third kappa shape index (κ3) is 4.48. The molecular weight excluding hydrogens is 371 g/mol. The van der Waals surface area contributed by atoms with Gasteiger partial charge in [0, 0.05) is 6.07 Å². The highest BCUT2D eigenvalue weighted by Gasteiger charge is 2.32. The summed E-state index contributed by atoms with van der Waals surface area (Å²) in [7, 11) is -4.04. The maximum Gasteiger partial charge on any atom is 0.573 e. The molecule has 1 aromatic heterocycles. The summed E-state index contributed by atoms with van der Waals surface area (Å²) in [6.07, 6.45) is -4.86. The van der Waals surface area contributed by atoms with Gasteiger partial charge in [-0.3, -0.25) is 9.40 Å². The van der Waals surface area contributed by atoms with E-state index >= 15 is 0 Å². The highest BCUT2D eigenvalue weighted by molar-refractivity contribution is 7.92. The Morgan fingerprint density at radius 1 is 1.15 bits per heavy atom. The Morgan fingerprint density at radius 2 is 1.77 bits per heavy atom. The van der Waals surface area contributed by atoms with E-state index in [1.54, 1.807) is 18.5 Å². The number of halogens is 3. The number of nitrogens with zero attached hydrogens (tertiary/aromatic N) is 2. The van der Waals surface area contributed by atoms with Crippen LogP contribution in [0, 0.1) is 13.8 Å². The van der Waals surface area contributed by atoms with Crippen molar-refractivity contribution in [2.45, 2.75) is 51.4 Å². The van der Waals surface area contributed by atoms with E-state index in [9.17, 15) is 21.6 Å². The van der Waals surface area contributed by atoms with Crippen LogP contribution < -0.4 is 9.46 Å². The average Bonchev–Trinajstić information content (AvgIpc) is 2.72. The van der Waals surface area contributed by atoms with Crippen molar-refractivity contribution < 1.29 is 26.3 Å². The third-order valence-electron chi connectivity index (χ3n) is 3.45. The molecule has 0 radical (unpaired) electrons. The zero-order chi connectivity index (χ0) is 19.9. The minimum atomic E-state index is -4.86. The first-order chi connectivity index (χ1) is 11.7. The molecule has 26 heavy (non-hydrogen) atoms. The minimum absolute atomic E-state index is 0.00503. The predicted molar refractivity (Wildman–Crippen MR) is 90.6 cm³/mol. The van der Waals surface area contributed by atoms with Gasteiger partial charge in [0.15, 0.2) is 0 Å². The maximum atomic E-state index is 12.8. The number of sulfonamides is 1. The van der Waals surface area contributed by atoms with Gasteiger partial charge in [-0.05, 0) is 46.8 Å². The Morgan fingerprint density at radius 3 is 2.27 bits per heavy atom. The highest BCUT2D eigenvalue weighted by atomic mass is 32.2. The fourth-order valence-electron chi connectivity index (χ4n) is 2.63. The molecule has 0 unspecified atom stereocenters. The van der Waals surface area contributed by atoms with Gasteiger partial charge in [0.1, 0.15) is 10.6 Å². The van der Waals surface area contributed by atoms with Gasteiger partial charge >= 0.3 is 6.36 Å². The van der Waals surface area contributed by atoms with Crippen LogP contribution in [0.1, 0.15) is 32.2 Å². The SMILES string of the molecule is Cc1nn(C(C)(C)C)c(C)c1S(=O)(=O)Nc1cccc(OC(F)(F)F)c1. The fraction of sp³-hybridized carbons (Fsp3) is 0.438. The first-order valence-electron chi connectivity index (χ1n) is 7.66. The van der Waals surface area contributed by atoms with Crippen LogP contribution in [0.4, 0.5) is 18.9 Å². The molecule has 0 saturated heterocycles. The lowest BCUT2D eigenvalue weighted by Gasteiger charge is -2.21. The quantitative estimate of drug-likeness (QED) is 0.856. The molecular formula is C16H20F3N3O3S. The van der Waals surface area contributed by atoms with Gasteiger partial charge in [0.25, 0.3) is 10.0 Å². The summed E-state index contributed by atoms with van der Waals surface area (Å²) in [6, 6.07) is 4.64. The van der Waals surface area contributed by atoms with E-state index in [0.717, 1.165) is 12.1 Å². The molecule has 0 bridgehead atoms. The van der Waals surface area contributed by atoms with E-state index < -0.39 is 27.7 Å². The van der Waals surface area contributed by atoms with Gasteiger partial charge in [-0.15, -0.1) is 13.2 Å². The summed E-state index contributed by atoms with van der Waals surface area (Å²) in [5.41, 5.74) is 0.259. The Labute approximate surface area is 150 Å². The van der Waals surface area contributed by atoms with E-state index in [1.807, 2.05) is 20.8 Å². The van der Waals surface area contributed by atoms with Crippen LogP contribution in [0.25, 0.3) is 0 Å². The number of rotatable bonds is 4. The van der Waals surface area contributed by atoms with Crippen molar-refractivity contribution in [3.8, 4) is 5.75 Å². The van der Waals surface area contributed by atoms with E-state index in [1.165, 1.54) is 12.1 Å². The number of hydrogen-bond donors (Lipinski definition) is 1. The fourth-order valence-corrected chi connectivity index (χ4v) is 4.08. The smallest absolute Gasteiger partial charge is 0.406 e. The largest absolute Gasteiger partial charge is 0.573 e. The van der Waals surface area contributed by atoms with Gasteiger partial charge in [-0.2, -0.15) is 5.10 Å². The van der Waals surface area contributed by atoms with Gasteiger partial charge in [-0.25, -0.2) is 8.42 Å². The standard InChI is InChI=1S/C16H20F3N3O3S/c1-10-14(11(2)22(20-10)15(3,4)5)26(23,24)21-12-7-6-8-13(9-12)25-16(17,18)19/h6-9,21H,1-5H3. The molecule has 0 fully saturated rings. The van der Waals surface area contributed by atoms with Crippen LogP contribution in [-0.2, 0) is 15.6 Å². The van der Waals surface area contributed by atoms with E-state index in [2.05, 4.69) is 14.6 Å². The minimum Gasteiger partial charge on any atom is -0.406 e. The lowest BCUT2D eigenvalue weighted by atomic mass is 10.1. The number of anilines is 1. The number of aryl methyl sites for hydroxylation is 1. The molecule has 1 N–H and O–H groups in total. The molecule has 0 amide bonds. The van der Waals surface area contributed by atoms with Crippen molar-refractivity contribution in [3.63, 3.8) is 0 Å². The lowest BCUT2D eigenvalue weighted by molar-refractivity contribution is -0.274. The summed E-state index contributed by atoms with van der Waals surface area (Å²) in [4.78, 5) is -0.00503. The van der Waals surface area contributed by atoms with Crippen molar-refractivity contribution in [1.29, 1.82) is 0 Å². The van der Waals surface area contributed by atoms with E-state index in [-0.39, 0.29) is 10.6 Å². The lowest BCUT2D eigenvalue weighted by Crippen LogP contribution is -2.25. The monoisotopic (exact) mass is 391 g/mol. The number of benzene rings is 1. The molecule has 1 heterocycles. The van der Waals surface area contributed by atoms with Crippen LogP contribution >= 0.6 is 0 Å². The molecule has 6 nitrogen and oxygen atoms in total. The molecule has 144 valence electrons. The zero-order valence-electron chi connectivity index (χ0n) is 15.0. The predicted octanol–water partition coefficient (Wildman–Crippen LogP) is 3.95. The van der Waals surface area contributed by atoms with Crippen molar-refractivity contribution in [2.75, 3.05) is 4.72 Å². The second-order valence-electron chi connectivity index (χ2n) is 6.76. The van der Waals surface area contributed by atoms with Crippen molar-refractivity contribution in [2.24, 2.45) is 0 Å². The number of aromatic nitrogens is 2. The number of ether oxygens (including phenoxy) is 1. The van der Waals surface area contributed by atoms with E-state index in [0.29, 0.717) is 11.4 Å². The second-order valence-corrected chi connectivity index (χ2v) is 8.38. The van der Waals surface area contributed by atoms with Crippen molar-refractivity contribution in [1.82, 2.24) is 9.78 Å². The van der Waals surface area contributed by atoms with Crippen molar-refractivity contribution >= 4 is 15.7 Å². The zero-order valence-corrected chi connectivity index (χ0v) is 15.8. The number of hydrogen-bond acceptors (Lipinski definition) is 4. The normalized spacial score (nSPS) is 12.9. The Balaban J connectivity index is 2.39. The topological polar surface area (TPSA) is 73.2 Å². The molecule has 0 aliphatic heterocycles. The second kappa shape index (κ2) is 6.49. The molecule has 0 aliphatic rings. The van der Waals surface area contributed by atoms with Crippen LogP contribution in [0.3, 0.4) is 0 Å². The molecule has 10 heteroatoms. The van der Waals surface area contributed by atoms with Crippen LogP contribution in [-0.4, -0.2) is 24.6 Å². The Kier molecular flexibility index (Phi) is 5.02. The first-order valence-corrected chi connectivity index (χ1v) is 9.14. The van der Waals surface area contributed by atoms with Gasteiger partial charge in [0.2, 0.25) is 0 Å². The molecule has 2 aromatic rings. The first kappa shape index (κ1) is 20.1. The number of alkyl halides is 3. The number of nitrogens with one attached hydrogen (secondary N) is 1. The highest BCUT2D eigenvalue weighted by Crippen LogP contribution is 2.29. The summed E-state index contributed by atoms with van der Waals surface area (Å²) < 4.78 is 70.2. The molecule has 0 atom stereocenters. The van der Waals surface area contributed by atoms with Crippen LogP contribution in [0.15, 0.2) is 29.2 Å². The average molecular weight is 391 g/mol. The Bertz CT molecular complexity index is 913.